The third-order valence-electron chi connectivity index (χ3n) is 6.98. The summed E-state index contributed by atoms with van der Waals surface area (Å²) in [6.45, 7) is 5.23. The first-order chi connectivity index (χ1) is 20.0. The lowest BCUT2D eigenvalue weighted by atomic mass is 9.88. The van der Waals surface area contributed by atoms with E-state index in [-0.39, 0.29) is 51.9 Å². The van der Waals surface area contributed by atoms with E-state index in [0.29, 0.717) is 12.0 Å². The van der Waals surface area contributed by atoms with Crippen molar-refractivity contribution < 1.29 is 28.3 Å². The summed E-state index contributed by atoms with van der Waals surface area (Å²) in [6.07, 6.45) is 1.76. The summed E-state index contributed by atoms with van der Waals surface area (Å²) in [6, 6.07) is 11.2. The Kier molecular flexibility index (Phi) is 9.08. The van der Waals surface area contributed by atoms with Gasteiger partial charge >= 0.3 is 12.0 Å². The number of hydrogen-bond acceptors (Lipinski definition) is 8. The van der Waals surface area contributed by atoms with Gasteiger partial charge in [0.25, 0.3) is 0 Å². The number of nitrogens with one attached hydrogen (secondary N) is 2. The molecule has 1 aromatic heterocycles. The quantitative estimate of drug-likeness (QED) is 0.182. The van der Waals surface area contributed by atoms with E-state index in [1.165, 1.54) is 48.7 Å². The van der Waals surface area contributed by atoms with Gasteiger partial charge < -0.3 is 15.8 Å². The number of nitrogens with zero attached hydrogens (tertiary/aromatic N) is 2. The number of aromatic nitrogens is 1. The van der Waals surface area contributed by atoms with Crippen LogP contribution >= 0.6 is 0 Å². The monoisotopic (exact) mass is 571 g/mol. The van der Waals surface area contributed by atoms with Crippen LogP contribution in [-0.2, 0) is 4.79 Å². The van der Waals surface area contributed by atoms with Crippen molar-refractivity contribution in [2.24, 2.45) is 11.7 Å². The van der Waals surface area contributed by atoms with E-state index in [1.807, 2.05) is 6.07 Å². The summed E-state index contributed by atoms with van der Waals surface area (Å²) in [7, 11) is 0. The number of Topliss-reactive ketones (excluding diaryl/α,β-unsaturated/α-hetero) is 1. The Morgan fingerprint density at radius 2 is 1.83 bits per heavy atom. The van der Waals surface area contributed by atoms with E-state index in [4.69, 9.17) is 15.7 Å². The minimum Gasteiger partial charge on any atom is -0.425 e. The van der Waals surface area contributed by atoms with E-state index in [0.717, 1.165) is 6.07 Å². The number of ketones is 2. The summed E-state index contributed by atoms with van der Waals surface area (Å²) >= 11 is 0. The first kappa shape index (κ1) is 30.0. The molecule has 3 aromatic rings. The maximum Gasteiger partial charge on any atom is 0.328 e. The number of pyridine rings is 1. The lowest BCUT2D eigenvalue weighted by Gasteiger charge is -2.16. The van der Waals surface area contributed by atoms with Crippen molar-refractivity contribution in [3.8, 4) is 11.8 Å². The van der Waals surface area contributed by atoms with Gasteiger partial charge in [0.05, 0.1) is 5.56 Å². The molecule has 2 aromatic carbocycles. The molecule has 4 N–H and O–H groups in total. The highest BCUT2D eigenvalue weighted by atomic mass is 19.1. The molecular formula is C31H30FN5O5. The molecule has 10 nitrogen and oxygen atoms in total. The van der Waals surface area contributed by atoms with Crippen LogP contribution in [0.2, 0.25) is 0 Å². The second kappa shape index (κ2) is 12.7. The van der Waals surface area contributed by atoms with Crippen LogP contribution < -0.4 is 21.1 Å². The molecule has 0 spiro atoms. The molecule has 42 heavy (non-hydrogen) atoms. The number of esters is 1. The molecule has 2 amide bonds. The third kappa shape index (κ3) is 6.67. The van der Waals surface area contributed by atoms with Crippen LogP contribution in [0.4, 0.5) is 15.0 Å². The number of ether oxygens (including phenoxy) is 1. The highest BCUT2D eigenvalue weighted by Gasteiger charge is 2.44. The first-order valence-electron chi connectivity index (χ1n) is 13.4. The van der Waals surface area contributed by atoms with Crippen molar-refractivity contribution in [1.29, 1.82) is 5.26 Å². The molecule has 4 rings (SSSR count). The van der Waals surface area contributed by atoms with Crippen molar-refractivity contribution in [3.05, 3.63) is 88.4 Å². The number of nitrogens with two attached hydrogens (primary N) is 1. The van der Waals surface area contributed by atoms with Gasteiger partial charge in [-0.1, -0.05) is 20.8 Å². The molecule has 2 unspecified atom stereocenters. The minimum absolute atomic E-state index is 0.0551. The zero-order chi connectivity index (χ0) is 30.6. The van der Waals surface area contributed by atoms with Crippen LogP contribution in [-0.4, -0.2) is 40.6 Å². The summed E-state index contributed by atoms with van der Waals surface area (Å²) in [4.78, 5) is 55.3. The Labute approximate surface area is 242 Å². The lowest BCUT2D eigenvalue weighted by molar-refractivity contribution is -0.136. The van der Waals surface area contributed by atoms with Crippen LogP contribution in [0, 0.1) is 23.1 Å². The Balaban J connectivity index is 1.57. The smallest absolute Gasteiger partial charge is 0.328 e. The Morgan fingerprint density at radius 3 is 2.43 bits per heavy atom. The van der Waals surface area contributed by atoms with Crippen molar-refractivity contribution in [3.63, 3.8) is 0 Å². The highest BCUT2D eigenvalue weighted by Crippen LogP contribution is 2.45. The topological polar surface area (TPSA) is 164 Å². The molecule has 1 aliphatic rings. The zero-order valence-corrected chi connectivity index (χ0v) is 23.3. The van der Waals surface area contributed by atoms with Gasteiger partial charge in [-0.25, -0.2) is 19.0 Å². The minimum atomic E-state index is -0.814. The lowest BCUT2D eigenvalue weighted by Crippen LogP contribution is -2.38. The number of nitriles is 1. The predicted octanol–water partition coefficient (Wildman–Crippen LogP) is 4.48. The normalized spacial score (nSPS) is 16.2. The van der Waals surface area contributed by atoms with E-state index in [9.17, 15) is 19.2 Å². The highest BCUT2D eigenvalue weighted by molar-refractivity contribution is 6.16. The second-order valence-electron chi connectivity index (χ2n) is 10.3. The number of carbonyl (C=O) groups is 4. The Bertz CT molecular complexity index is 1560. The first-order valence-corrected chi connectivity index (χ1v) is 13.4. The molecule has 0 bridgehead atoms. The van der Waals surface area contributed by atoms with Gasteiger partial charge in [0.15, 0.2) is 11.6 Å². The van der Waals surface area contributed by atoms with Crippen molar-refractivity contribution in [2.75, 3.05) is 5.32 Å². The van der Waals surface area contributed by atoms with Crippen LogP contribution in [0.3, 0.4) is 0 Å². The zero-order valence-electron chi connectivity index (χ0n) is 23.3. The summed E-state index contributed by atoms with van der Waals surface area (Å²) in [5.74, 6) is -2.45. The number of anilines is 1. The molecular weight excluding hydrogens is 541 g/mol. The fraction of sp³-hybridized carbons (Fsp3) is 0.290. The van der Waals surface area contributed by atoms with Gasteiger partial charge in [-0.2, -0.15) is 5.26 Å². The number of urea groups is 1. The number of carbonyl (C=O) groups excluding carboxylic acids is 4. The number of amides is 2. The van der Waals surface area contributed by atoms with Gasteiger partial charge in [0.1, 0.15) is 29.5 Å². The van der Waals surface area contributed by atoms with E-state index in [1.54, 1.807) is 20.8 Å². The fourth-order valence-electron chi connectivity index (χ4n) is 4.43. The van der Waals surface area contributed by atoms with Gasteiger partial charge in [-0.05, 0) is 60.9 Å². The van der Waals surface area contributed by atoms with Gasteiger partial charge in [-0.15, -0.1) is 0 Å². The number of rotatable bonds is 10. The summed E-state index contributed by atoms with van der Waals surface area (Å²) in [5, 5.41) is 14.2. The number of halogens is 1. The second-order valence-corrected chi connectivity index (χ2v) is 10.3. The molecule has 216 valence electrons. The maximum atomic E-state index is 15.3. The van der Waals surface area contributed by atoms with E-state index >= 15 is 4.39 Å². The average molecular weight is 572 g/mol. The Hall–Kier alpha value is -4.95. The molecule has 1 aliphatic carbocycles. The largest absolute Gasteiger partial charge is 0.425 e. The van der Waals surface area contributed by atoms with Crippen molar-refractivity contribution in [2.45, 2.75) is 51.6 Å². The SMILES string of the molecule is CCC(=O)c1ccc(F)c(C2CC2NC(=O)Nc2ccc(C#N)cn2)c1C(=O)c1ccc(OC(=O)[C@H](N)C(C)C)cc1. The summed E-state index contributed by atoms with van der Waals surface area (Å²) < 4.78 is 20.6. The molecule has 0 saturated heterocycles. The van der Waals surface area contributed by atoms with Crippen LogP contribution in [0.15, 0.2) is 54.7 Å². The van der Waals surface area contributed by atoms with Crippen molar-refractivity contribution >= 4 is 29.4 Å². The van der Waals surface area contributed by atoms with E-state index in [2.05, 4.69) is 15.6 Å². The fourth-order valence-corrected chi connectivity index (χ4v) is 4.43. The van der Waals surface area contributed by atoms with Crippen LogP contribution in [0.5, 0.6) is 5.75 Å². The molecule has 1 saturated carbocycles. The van der Waals surface area contributed by atoms with Gasteiger partial charge in [0, 0.05) is 46.8 Å². The van der Waals surface area contributed by atoms with Crippen molar-refractivity contribution in [1.82, 2.24) is 10.3 Å². The van der Waals surface area contributed by atoms with E-state index < -0.39 is 41.6 Å². The van der Waals surface area contributed by atoms with Gasteiger partial charge in [0.2, 0.25) is 0 Å². The molecule has 1 fully saturated rings. The maximum absolute atomic E-state index is 15.3. The number of hydrogen-bond donors (Lipinski definition) is 3. The van der Waals surface area contributed by atoms with Crippen LogP contribution in [0.1, 0.15) is 76.9 Å². The van der Waals surface area contributed by atoms with Crippen LogP contribution in [0.25, 0.3) is 0 Å². The third-order valence-corrected chi connectivity index (χ3v) is 6.98. The molecule has 3 atom stereocenters. The predicted molar refractivity (Wildman–Crippen MR) is 152 cm³/mol. The molecule has 11 heteroatoms. The summed E-state index contributed by atoms with van der Waals surface area (Å²) in [5.41, 5.74) is 6.42. The molecule has 1 heterocycles. The Morgan fingerprint density at radius 1 is 1.12 bits per heavy atom. The molecule has 0 radical (unpaired) electrons. The molecule has 0 aliphatic heterocycles. The number of benzene rings is 2. The standard InChI is InChI=1S/C31H30FN5O5/c1-4-24(38)20-10-11-22(32)26(21-13-23(21)36-31(41)37-25-12-5-17(14-33)15-35-25)27(20)29(39)18-6-8-19(9-7-18)42-30(40)28(34)16(2)3/h5-12,15-16,21,23,28H,4,13,34H2,1-3H3,(H2,35,36,37,41)/t21?,23?,28-/m1/s1. The van der Waals surface area contributed by atoms with Gasteiger partial charge in [-0.3, -0.25) is 14.9 Å². The average Bonchev–Trinajstić information content (AvgIpc) is 3.74.